The lowest BCUT2D eigenvalue weighted by Crippen LogP contribution is -2.41. The molecule has 0 aromatic rings. The largest absolute Gasteiger partial charge is 0.380 e. The van der Waals surface area contributed by atoms with Crippen LogP contribution in [0, 0.1) is 30.1 Å². The van der Waals surface area contributed by atoms with E-state index in [4.69, 9.17) is 11.2 Å². The summed E-state index contributed by atoms with van der Waals surface area (Å²) in [7, 11) is 1.85. The van der Waals surface area contributed by atoms with Gasteiger partial charge in [-0.3, -0.25) is 4.90 Å². The fourth-order valence-corrected chi connectivity index (χ4v) is 4.14. The highest BCUT2D eigenvalue weighted by Gasteiger charge is 2.59. The summed E-state index contributed by atoms with van der Waals surface area (Å²) in [6.45, 7) is 2.03. The van der Waals surface area contributed by atoms with Gasteiger partial charge in [0.25, 0.3) is 0 Å². The van der Waals surface area contributed by atoms with Crippen LogP contribution in [0.15, 0.2) is 0 Å². The minimum Gasteiger partial charge on any atom is -0.380 e. The van der Waals surface area contributed by atoms with Crippen LogP contribution < -0.4 is 0 Å². The molecule has 0 aromatic heterocycles. The fraction of sp³-hybridized carbons (Fsp3) is 0.833. The van der Waals surface area contributed by atoms with Gasteiger partial charge >= 0.3 is 0 Å². The van der Waals surface area contributed by atoms with Crippen LogP contribution in [0.2, 0.25) is 0 Å². The highest BCUT2D eigenvalue weighted by atomic mass is 16.5. The van der Waals surface area contributed by atoms with E-state index in [1.54, 1.807) is 0 Å². The molecule has 3 fully saturated rings. The summed E-state index contributed by atoms with van der Waals surface area (Å²) in [5.41, 5.74) is 0. The van der Waals surface area contributed by atoms with Gasteiger partial charge in [-0.1, -0.05) is 5.92 Å². The van der Waals surface area contributed by atoms with E-state index in [0.717, 1.165) is 24.3 Å². The Morgan fingerprint density at radius 1 is 1.43 bits per heavy atom. The molecule has 2 nitrogen and oxygen atoms in total. The number of likely N-dealkylation sites (tertiary alicyclic amines) is 1. The van der Waals surface area contributed by atoms with E-state index >= 15 is 0 Å². The van der Waals surface area contributed by atoms with Crippen LogP contribution in [0.4, 0.5) is 0 Å². The molecule has 14 heavy (non-hydrogen) atoms. The van der Waals surface area contributed by atoms with Crippen molar-refractivity contribution in [2.24, 2.45) is 17.8 Å². The molecule has 5 atom stereocenters. The molecule has 1 aliphatic heterocycles. The number of terminal acetylenes is 1. The maximum Gasteiger partial charge on any atom is 0.0757 e. The lowest BCUT2D eigenvalue weighted by Gasteiger charge is -2.30. The summed E-state index contributed by atoms with van der Waals surface area (Å²) < 4.78 is 5.64. The van der Waals surface area contributed by atoms with Gasteiger partial charge in [0, 0.05) is 19.7 Å². The second-order valence-electron chi connectivity index (χ2n) is 4.98. The zero-order chi connectivity index (χ0) is 9.71. The molecule has 5 unspecified atom stereocenters. The van der Waals surface area contributed by atoms with Crippen molar-refractivity contribution in [3.63, 3.8) is 0 Å². The van der Waals surface area contributed by atoms with Gasteiger partial charge < -0.3 is 4.74 Å². The Hall–Kier alpha value is -0.520. The van der Waals surface area contributed by atoms with E-state index in [2.05, 4.69) is 10.8 Å². The second-order valence-corrected chi connectivity index (χ2v) is 4.98. The summed E-state index contributed by atoms with van der Waals surface area (Å²) >= 11 is 0. The van der Waals surface area contributed by atoms with Crippen LogP contribution in [0.1, 0.15) is 12.8 Å². The van der Waals surface area contributed by atoms with Crippen LogP contribution in [-0.2, 0) is 4.74 Å². The molecule has 1 saturated heterocycles. The molecule has 0 amide bonds. The summed E-state index contributed by atoms with van der Waals surface area (Å²) in [5, 5.41) is 0. The van der Waals surface area contributed by atoms with E-state index in [9.17, 15) is 0 Å². The molecular formula is C12H17NO. The average Bonchev–Trinajstić information content (AvgIpc) is 2.75. The zero-order valence-corrected chi connectivity index (χ0v) is 8.65. The van der Waals surface area contributed by atoms with Crippen molar-refractivity contribution < 1.29 is 4.74 Å². The molecule has 3 aliphatic rings. The number of rotatable bonds is 2. The molecule has 0 radical (unpaired) electrons. The van der Waals surface area contributed by atoms with E-state index in [0.29, 0.717) is 12.1 Å². The van der Waals surface area contributed by atoms with E-state index in [1.807, 2.05) is 7.11 Å². The smallest absolute Gasteiger partial charge is 0.0757 e. The molecule has 0 spiro atoms. The second kappa shape index (κ2) is 2.98. The molecule has 2 bridgehead atoms. The van der Waals surface area contributed by atoms with Gasteiger partial charge in [-0.2, -0.15) is 0 Å². The van der Waals surface area contributed by atoms with Crippen molar-refractivity contribution in [3.05, 3.63) is 0 Å². The van der Waals surface area contributed by atoms with Gasteiger partial charge in [0.1, 0.15) is 0 Å². The quantitative estimate of drug-likeness (QED) is 0.603. The molecule has 3 rings (SSSR count). The molecule has 2 saturated carbocycles. The molecule has 76 valence electrons. The summed E-state index contributed by atoms with van der Waals surface area (Å²) in [6, 6.07) is 0.639. The van der Waals surface area contributed by atoms with Gasteiger partial charge in [-0.25, -0.2) is 0 Å². The molecule has 1 heterocycles. The third-order valence-corrected chi connectivity index (χ3v) is 4.48. The molecule has 2 aliphatic carbocycles. The van der Waals surface area contributed by atoms with Gasteiger partial charge in [0.15, 0.2) is 0 Å². The van der Waals surface area contributed by atoms with Crippen LogP contribution in [0.5, 0.6) is 0 Å². The first-order valence-electron chi connectivity index (χ1n) is 5.55. The molecule has 0 N–H and O–H groups in total. The average molecular weight is 191 g/mol. The van der Waals surface area contributed by atoms with Gasteiger partial charge in [-0.15, -0.1) is 6.42 Å². The first-order valence-corrected chi connectivity index (χ1v) is 5.55. The van der Waals surface area contributed by atoms with Crippen molar-refractivity contribution in [1.29, 1.82) is 0 Å². The van der Waals surface area contributed by atoms with Crippen LogP contribution in [-0.4, -0.2) is 37.2 Å². The third-order valence-electron chi connectivity index (χ3n) is 4.48. The van der Waals surface area contributed by atoms with Gasteiger partial charge in [0.2, 0.25) is 0 Å². The number of nitrogens with zero attached hydrogens (tertiary/aromatic N) is 1. The number of hydrogen-bond donors (Lipinski definition) is 0. The normalized spacial score (nSPS) is 49.9. The Bertz CT molecular complexity index is 281. The SMILES string of the molecule is C#CCN1CC2CC3CC2C1C3OC. The first-order chi connectivity index (χ1) is 6.85. The Morgan fingerprint density at radius 3 is 3.00 bits per heavy atom. The summed E-state index contributed by atoms with van der Waals surface area (Å²) in [4.78, 5) is 2.47. The standard InChI is InChI=1S/C12H17NO/c1-3-4-13-7-9-5-8-6-10(9)11(13)12(8)14-2/h1,8-12H,4-7H2,2H3. The van der Waals surface area contributed by atoms with E-state index in [-0.39, 0.29) is 0 Å². The number of hydrogen-bond acceptors (Lipinski definition) is 2. The summed E-state index contributed by atoms with van der Waals surface area (Å²) in [5.74, 6) is 5.41. The zero-order valence-electron chi connectivity index (χ0n) is 8.65. The predicted molar refractivity (Wildman–Crippen MR) is 54.7 cm³/mol. The topological polar surface area (TPSA) is 12.5 Å². The Balaban J connectivity index is 1.86. The monoisotopic (exact) mass is 191 g/mol. The highest BCUT2D eigenvalue weighted by molar-refractivity contribution is 5.12. The third kappa shape index (κ3) is 0.947. The minimum atomic E-state index is 0.465. The molecule has 2 heteroatoms. The Kier molecular flexibility index (Phi) is 1.87. The van der Waals surface area contributed by atoms with Crippen molar-refractivity contribution in [3.8, 4) is 12.3 Å². The molecular weight excluding hydrogens is 174 g/mol. The predicted octanol–water partition coefficient (Wildman–Crippen LogP) is 0.975. The van der Waals surface area contributed by atoms with Gasteiger partial charge in [0.05, 0.1) is 12.6 Å². The summed E-state index contributed by atoms with van der Waals surface area (Å²) in [6.07, 6.45) is 8.63. The highest BCUT2D eigenvalue weighted by Crippen LogP contribution is 2.55. The van der Waals surface area contributed by atoms with Crippen LogP contribution >= 0.6 is 0 Å². The first kappa shape index (κ1) is 8.76. The fourth-order valence-electron chi connectivity index (χ4n) is 4.14. The minimum absolute atomic E-state index is 0.465. The lowest BCUT2D eigenvalue weighted by atomic mass is 9.88. The molecule has 0 aromatic carbocycles. The van der Waals surface area contributed by atoms with Crippen molar-refractivity contribution in [2.75, 3.05) is 20.2 Å². The van der Waals surface area contributed by atoms with Crippen molar-refractivity contribution in [2.45, 2.75) is 25.0 Å². The number of ether oxygens (including phenoxy) is 1. The van der Waals surface area contributed by atoms with Crippen molar-refractivity contribution in [1.82, 2.24) is 4.90 Å². The Labute approximate surface area is 85.6 Å². The maximum atomic E-state index is 5.64. The number of methoxy groups -OCH3 is 1. The van der Waals surface area contributed by atoms with Crippen LogP contribution in [0.3, 0.4) is 0 Å². The van der Waals surface area contributed by atoms with Crippen molar-refractivity contribution >= 4 is 0 Å². The maximum absolute atomic E-state index is 5.64. The van der Waals surface area contributed by atoms with Crippen LogP contribution in [0.25, 0.3) is 0 Å². The van der Waals surface area contributed by atoms with Gasteiger partial charge in [-0.05, 0) is 30.6 Å². The van der Waals surface area contributed by atoms with E-state index < -0.39 is 0 Å². The lowest BCUT2D eigenvalue weighted by molar-refractivity contribution is 0.0138. The number of fused-ring (bicyclic) bond motifs is 1. The van der Waals surface area contributed by atoms with E-state index in [1.165, 1.54) is 19.4 Å². The Morgan fingerprint density at radius 2 is 2.29 bits per heavy atom.